The number of rotatable bonds is 5. The monoisotopic (exact) mass is 220 g/mol. The number of benzene rings is 1. The van der Waals surface area contributed by atoms with Crippen molar-refractivity contribution in [1.29, 1.82) is 0 Å². The van der Waals surface area contributed by atoms with E-state index in [9.17, 15) is 10.2 Å². The fraction of sp³-hybridized carbons (Fsp3) is 0.571. The van der Waals surface area contributed by atoms with Crippen molar-refractivity contribution in [3.8, 4) is 0 Å². The topological polar surface area (TPSA) is 40.5 Å². The maximum absolute atomic E-state index is 9.86. The molecule has 0 bridgehead atoms. The Kier molecular flexibility index (Phi) is 3.62. The van der Waals surface area contributed by atoms with E-state index in [-0.39, 0.29) is 0 Å². The molecule has 0 heterocycles. The highest BCUT2D eigenvalue weighted by Gasteiger charge is 2.29. The third-order valence-corrected chi connectivity index (χ3v) is 3.52. The first-order valence-electron chi connectivity index (χ1n) is 6.16. The van der Waals surface area contributed by atoms with E-state index in [4.69, 9.17) is 0 Å². The lowest BCUT2D eigenvalue weighted by atomic mass is 9.74. The van der Waals surface area contributed by atoms with E-state index in [1.807, 2.05) is 13.0 Å². The van der Waals surface area contributed by atoms with Crippen LogP contribution >= 0.6 is 0 Å². The summed E-state index contributed by atoms with van der Waals surface area (Å²) in [4.78, 5) is 0. The van der Waals surface area contributed by atoms with Crippen LogP contribution in [0.25, 0.3) is 0 Å². The summed E-state index contributed by atoms with van der Waals surface area (Å²) in [6, 6.07) is 8.36. The summed E-state index contributed by atoms with van der Waals surface area (Å²) in [6.07, 6.45) is 2.22. The lowest BCUT2D eigenvalue weighted by Gasteiger charge is -2.32. The summed E-state index contributed by atoms with van der Waals surface area (Å²) in [5, 5.41) is 19.5. The maximum atomic E-state index is 9.86. The first-order chi connectivity index (χ1) is 7.72. The average Bonchev–Trinajstić information content (AvgIpc) is 2.26. The van der Waals surface area contributed by atoms with Crippen molar-refractivity contribution in [3.05, 3.63) is 35.4 Å². The van der Waals surface area contributed by atoms with Crippen LogP contribution in [0.15, 0.2) is 24.3 Å². The zero-order valence-corrected chi connectivity index (χ0v) is 9.76. The molecule has 1 aliphatic carbocycles. The minimum atomic E-state index is -0.571. The van der Waals surface area contributed by atoms with Crippen LogP contribution in [0.5, 0.6) is 0 Å². The van der Waals surface area contributed by atoms with Crippen LogP contribution in [0.4, 0.5) is 0 Å². The second-order valence-electron chi connectivity index (χ2n) is 4.76. The highest BCUT2D eigenvalue weighted by Crippen LogP contribution is 2.38. The average molecular weight is 220 g/mol. The third kappa shape index (κ3) is 2.28. The highest BCUT2D eigenvalue weighted by molar-refractivity contribution is 5.39. The Morgan fingerprint density at radius 3 is 2.69 bits per heavy atom. The second-order valence-corrected chi connectivity index (χ2v) is 4.76. The van der Waals surface area contributed by atoms with Gasteiger partial charge in [0.15, 0.2) is 0 Å². The summed E-state index contributed by atoms with van der Waals surface area (Å²) >= 11 is 0. The molecule has 2 N–H and O–H groups in total. The van der Waals surface area contributed by atoms with Crippen LogP contribution in [0.3, 0.4) is 0 Å². The summed E-state index contributed by atoms with van der Waals surface area (Å²) in [6.45, 7) is 2.02. The molecule has 3 unspecified atom stereocenters. The predicted octanol–water partition coefficient (Wildman–Crippen LogP) is 2.24. The molecule has 16 heavy (non-hydrogen) atoms. The molecule has 1 aromatic carbocycles. The van der Waals surface area contributed by atoms with Crippen molar-refractivity contribution < 1.29 is 10.2 Å². The van der Waals surface area contributed by atoms with Gasteiger partial charge in [-0.15, -0.1) is 0 Å². The maximum Gasteiger partial charge on any atom is 0.0805 e. The Bertz CT molecular complexity index is 348. The van der Waals surface area contributed by atoms with Crippen LogP contribution < -0.4 is 0 Å². The summed E-state index contributed by atoms with van der Waals surface area (Å²) in [5.41, 5.74) is 2.75. The Morgan fingerprint density at radius 2 is 2.00 bits per heavy atom. The number of aliphatic hydroxyl groups excluding tert-OH is 2. The molecule has 2 rings (SSSR count). The molecule has 0 amide bonds. The van der Waals surface area contributed by atoms with Gasteiger partial charge in [-0.05, 0) is 36.3 Å². The van der Waals surface area contributed by atoms with Gasteiger partial charge in [-0.1, -0.05) is 37.6 Å². The molecule has 0 saturated heterocycles. The van der Waals surface area contributed by atoms with Gasteiger partial charge in [0.2, 0.25) is 0 Å². The molecule has 1 aromatic rings. The SMILES string of the molecule is CCCC(O)C(O)CC1Cc2ccccc21. The Hall–Kier alpha value is -0.860. The van der Waals surface area contributed by atoms with Crippen LogP contribution in [0.2, 0.25) is 0 Å². The fourth-order valence-corrected chi connectivity index (χ4v) is 2.51. The van der Waals surface area contributed by atoms with Crippen molar-refractivity contribution in [2.24, 2.45) is 0 Å². The molecule has 3 atom stereocenters. The van der Waals surface area contributed by atoms with Gasteiger partial charge in [-0.3, -0.25) is 0 Å². The molecule has 2 heteroatoms. The second kappa shape index (κ2) is 4.98. The van der Waals surface area contributed by atoms with Crippen LogP contribution in [0, 0.1) is 0 Å². The van der Waals surface area contributed by atoms with Gasteiger partial charge in [-0.25, -0.2) is 0 Å². The van der Waals surface area contributed by atoms with Crippen LogP contribution in [-0.2, 0) is 6.42 Å². The van der Waals surface area contributed by atoms with Crippen molar-refractivity contribution in [2.75, 3.05) is 0 Å². The molecule has 0 fully saturated rings. The predicted molar refractivity (Wildman–Crippen MR) is 64.4 cm³/mol. The lowest BCUT2D eigenvalue weighted by molar-refractivity contribution is 0.00430. The summed E-state index contributed by atoms with van der Waals surface area (Å²) in [7, 11) is 0. The first-order valence-corrected chi connectivity index (χ1v) is 6.16. The van der Waals surface area contributed by atoms with E-state index < -0.39 is 12.2 Å². The van der Waals surface area contributed by atoms with E-state index in [1.165, 1.54) is 11.1 Å². The zero-order valence-electron chi connectivity index (χ0n) is 9.76. The number of aliphatic hydroxyl groups is 2. The number of hydrogen-bond acceptors (Lipinski definition) is 2. The summed E-state index contributed by atoms with van der Waals surface area (Å²) in [5.74, 6) is 0.442. The number of hydrogen-bond donors (Lipinski definition) is 2. The van der Waals surface area contributed by atoms with Crippen molar-refractivity contribution >= 4 is 0 Å². The van der Waals surface area contributed by atoms with E-state index in [1.54, 1.807) is 0 Å². The van der Waals surface area contributed by atoms with Crippen LogP contribution in [0.1, 0.15) is 43.2 Å². The molecule has 0 saturated carbocycles. The molecule has 2 nitrogen and oxygen atoms in total. The Morgan fingerprint density at radius 1 is 1.25 bits per heavy atom. The van der Waals surface area contributed by atoms with Crippen molar-refractivity contribution in [1.82, 2.24) is 0 Å². The molecule has 0 spiro atoms. The van der Waals surface area contributed by atoms with Gasteiger partial charge in [0, 0.05) is 0 Å². The fourth-order valence-electron chi connectivity index (χ4n) is 2.51. The van der Waals surface area contributed by atoms with Gasteiger partial charge >= 0.3 is 0 Å². The quantitative estimate of drug-likeness (QED) is 0.799. The molecular weight excluding hydrogens is 200 g/mol. The molecule has 0 aromatic heterocycles. The third-order valence-electron chi connectivity index (χ3n) is 3.52. The van der Waals surface area contributed by atoms with Crippen LogP contribution in [-0.4, -0.2) is 22.4 Å². The van der Waals surface area contributed by atoms with Gasteiger partial charge in [0.25, 0.3) is 0 Å². The van der Waals surface area contributed by atoms with E-state index in [0.29, 0.717) is 18.8 Å². The molecule has 0 aliphatic heterocycles. The lowest BCUT2D eigenvalue weighted by Crippen LogP contribution is -2.30. The first kappa shape index (κ1) is 11.6. The molecular formula is C14H20O2. The highest BCUT2D eigenvalue weighted by atomic mass is 16.3. The van der Waals surface area contributed by atoms with Gasteiger partial charge in [0.05, 0.1) is 12.2 Å². The Labute approximate surface area is 96.9 Å². The van der Waals surface area contributed by atoms with Gasteiger partial charge < -0.3 is 10.2 Å². The van der Waals surface area contributed by atoms with Gasteiger partial charge in [0.1, 0.15) is 0 Å². The zero-order chi connectivity index (χ0) is 11.5. The van der Waals surface area contributed by atoms with E-state index in [0.717, 1.165) is 12.8 Å². The largest absolute Gasteiger partial charge is 0.390 e. The molecule has 88 valence electrons. The minimum absolute atomic E-state index is 0.442. The normalized spacial score (nSPS) is 22.1. The molecule has 0 radical (unpaired) electrons. The minimum Gasteiger partial charge on any atom is -0.390 e. The van der Waals surface area contributed by atoms with E-state index in [2.05, 4.69) is 18.2 Å². The number of fused-ring (bicyclic) bond motifs is 1. The standard InChI is InChI=1S/C14H20O2/c1-2-5-13(15)14(16)9-11-8-10-6-3-4-7-12(10)11/h3-4,6-7,11,13-16H,2,5,8-9H2,1H3. The smallest absolute Gasteiger partial charge is 0.0805 e. The molecule has 1 aliphatic rings. The van der Waals surface area contributed by atoms with Crippen molar-refractivity contribution in [3.63, 3.8) is 0 Å². The summed E-state index contributed by atoms with van der Waals surface area (Å²) < 4.78 is 0. The van der Waals surface area contributed by atoms with E-state index >= 15 is 0 Å². The van der Waals surface area contributed by atoms with Gasteiger partial charge in [-0.2, -0.15) is 0 Å². The van der Waals surface area contributed by atoms with Crippen molar-refractivity contribution in [2.45, 2.75) is 50.7 Å². The Balaban J connectivity index is 1.89.